The molecule has 120 valence electrons. The van der Waals surface area contributed by atoms with Gasteiger partial charge in [-0.25, -0.2) is 0 Å². The van der Waals surface area contributed by atoms with Crippen molar-refractivity contribution in [3.05, 3.63) is 59.2 Å². The number of rotatable bonds is 2. The SMILES string of the molecule is CCn1c(=NC(=O)c2ccnn2C)sc2c3ccccc3ccc21. The van der Waals surface area contributed by atoms with Gasteiger partial charge in [0.1, 0.15) is 5.69 Å². The first-order valence-corrected chi connectivity index (χ1v) is 8.59. The quantitative estimate of drug-likeness (QED) is 0.564. The van der Waals surface area contributed by atoms with Crippen molar-refractivity contribution in [3.8, 4) is 0 Å². The zero-order valence-corrected chi connectivity index (χ0v) is 14.2. The summed E-state index contributed by atoms with van der Waals surface area (Å²) in [6, 6.07) is 14.2. The molecule has 0 saturated carbocycles. The van der Waals surface area contributed by atoms with E-state index >= 15 is 0 Å². The molecule has 2 aromatic carbocycles. The molecule has 0 bridgehead atoms. The van der Waals surface area contributed by atoms with Gasteiger partial charge in [-0.05, 0) is 24.4 Å². The fourth-order valence-corrected chi connectivity index (χ4v) is 4.14. The number of thiazole rings is 1. The Morgan fingerprint density at radius 2 is 2.04 bits per heavy atom. The maximum Gasteiger partial charge on any atom is 0.297 e. The molecule has 0 aliphatic heterocycles. The second-order valence-corrected chi connectivity index (χ2v) is 6.50. The summed E-state index contributed by atoms with van der Waals surface area (Å²) < 4.78 is 4.79. The number of carbonyl (C=O) groups is 1. The predicted molar refractivity (Wildman–Crippen MR) is 96.1 cm³/mol. The zero-order valence-electron chi connectivity index (χ0n) is 13.4. The summed E-state index contributed by atoms with van der Waals surface area (Å²) in [5.41, 5.74) is 1.60. The summed E-state index contributed by atoms with van der Waals surface area (Å²) in [7, 11) is 1.75. The van der Waals surface area contributed by atoms with Crippen LogP contribution in [0.3, 0.4) is 0 Å². The van der Waals surface area contributed by atoms with Gasteiger partial charge >= 0.3 is 0 Å². The molecule has 4 rings (SSSR count). The van der Waals surface area contributed by atoms with Crippen molar-refractivity contribution in [2.24, 2.45) is 12.0 Å². The topological polar surface area (TPSA) is 52.2 Å². The number of nitrogens with zero attached hydrogens (tertiary/aromatic N) is 4. The first kappa shape index (κ1) is 14.8. The third-order valence-corrected chi connectivity index (χ3v) is 5.25. The minimum atomic E-state index is -0.270. The first-order chi connectivity index (χ1) is 11.7. The number of benzene rings is 2. The molecule has 0 aliphatic rings. The zero-order chi connectivity index (χ0) is 16.7. The number of carbonyl (C=O) groups excluding carboxylic acids is 1. The molecule has 5 nitrogen and oxygen atoms in total. The third-order valence-electron chi connectivity index (χ3n) is 4.13. The molecule has 0 aliphatic carbocycles. The van der Waals surface area contributed by atoms with Gasteiger partial charge in [-0.15, -0.1) is 0 Å². The highest BCUT2D eigenvalue weighted by Crippen LogP contribution is 2.27. The summed E-state index contributed by atoms with van der Waals surface area (Å²) in [5.74, 6) is -0.270. The minimum absolute atomic E-state index is 0.270. The lowest BCUT2D eigenvalue weighted by molar-refractivity contribution is 0.0989. The van der Waals surface area contributed by atoms with Crippen molar-refractivity contribution in [3.63, 3.8) is 0 Å². The Kier molecular flexibility index (Phi) is 3.54. The number of aryl methyl sites for hydroxylation is 2. The van der Waals surface area contributed by atoms with Crippen molar-refractivity contribution in [2.45, 2.75) is 13.5 Å². The molecule has 2 heterocycles. The van der Waals surface area contributed by atoms with Gasteiger partial charge in [0, 0.05) is 25.2 Å². The molecule has 0 atom stereocenters. The van der Waals surface area contributed by atoms with E-state index in [9.17, 15) is 4.79 Å². The Labute approximate surface area is 142 Å². The van der Waals surface area contributed by atoms with Crippen LogP contribution >= 0.6 is 11.3 Å². The fourth-order valence-electron chi connectivity index (χ4n) is 2.92. The van der Waals surface area contributed by atoms with Gasteiger partial charge in [-0.3, -0.25) is 9.48 Å². The number of aromatic nitrogens is 3. The summed E-state index contributed by atoms with van der Waals surface area (Å²) in [6.45, 7) is 2.82. The largest absolute Gasteiger partial charge is 0.317 e. The minimum Gasteiger partial charge on any atom is -0.317 e. The third kappa shape index (κ3) is 2.27. The molecule has 24 heavy (non-hydrogen) atoms. The van der Waals surface area contributed by atoms with Crippen LogP contribution in [0.1, 0.15) is 17.4 Å². The average Bonchev–Trinajstić information content (AvgIpc) is 3.17. The average molecular weight is 336 g/mol. The van der Waals surface area contributed by atoms with Crippen molar-refractivity contribution in [1.82, 2.24) is 14.3 Å². The van der Waals surface area contributed by atoms with Gasteiger partial charge in [0.15, 0.2) is 4.80 Å². The van der Waals surface area contributed by atoms with Crippen LogP contribution in [0, 0.1) is 0 Å². The predicted octanol–water partition coefficient (Wildman–Crippen LogP) is 3.35. The van der Waals surface area contributed by atoms with Crippen LogP contribution in [-0.2, 0) is 13.6 Å². The van der Waals surface area contributed by atoms with Crippen LogP contribution in [0.15, 0.2) is 53.7 Å². The van der Waals surface area contributed by atoms with Gasteiger partial charge in [0.05, 0.1) is 10.2 Å². The lowest BCUT2D eigenvalue weighted by Gasteiger charge is -2.02. The molecular weight excluding hydrogens is 320 g/mol. The smallest absolute Gasteiger partial charge is 0.297 e. The van der Waals surface area contributed by atoms with Crippen molar-refractivity contribution in [1.29, 1.82) is 0 Å². The Morgan fingerprint density at radius 1 is 1.21 bits per heavy atom. The monoisotopic (exact) mass is 336 g/mol. The molecule has 0 saturated heterocycles. The Morgan fingerprint density at radius 3 is 2.79 bits per heavy atom. The molecule has 6 heteroatoms. The van der Waals surface area contributed by atoms with Gasteiger partial charge in [0.2, 0.25) is 0 Å². The van der Waals surface area contributed by atoms with Gasteiger partial charge in [-0.1, -0.05) is 41.7 Å². The van der Waals surface area contributed by atoms with E-state index < -0.39 is 0 Å². The van der Waals surface area contributed by atoms with E-state index in [1.54, 1.807) is 35.3 Å². The normalized spacial score (nSPS) is 12.3. The van der Waals surface area contributed by atoms with E-state index in [4.69, 9.17) is 0 Å². The first-order valence-electron chi connectivity index (χ1n) is 7.77. The molecule has 0 fully saturated rings. The summed E-state index contributed by atoms with van der Waals surface area (Å²) in [6.07, 6.45) is 1.61. The second-order valence-electron chi connectivity index (χ2n) is 5.52. The second kappa shape index (κ2) is 5.72. The summed E-state index contributed by atoms with van der Waals surface area (Å²) in [5, 5.41) is 6.42. The fraction of sp³-hybridized carbons (Fsp3) is 0.167. The highest BCUT2D eigenvalue weighted by molar-refractivity contribution is 7.17. The van der Waals surface area contributed by atoms with Crippen LogP contribution in [-0.4, -0.2) is 20.3 Å². The molecule has 0 unspecified atom stereocenters. The van der Waals surface area contributed by atoms with E-state index in [1.807, 2.05) is 12.1 Å². The summed E-state index contributed by atoms with van der Waals surface area (Å²) >= 11 is 1.56. The summed E-state index contributed by atoms with van der Waals surface area (Å²) in [4.78, 5) is 17.5. The van der Waals surface area contributed by atoms with Crippen LogP contribution in [0.5, 0.6) is 0 Å². The van der Waals surface area contributed by atoms with Crippen molar-refractivity contribution in [2.75, 3.05) is 0 Å². The molecule has 0 radical (unpaired) electrons. The Hall–Kier alpha value is -2.73. The Bertz CT molecular complexity index is 1130. The number of hydrogen-bond acceptors (Lipinski definition) is 3. The molecular formula is C18H16N4OS. The maximum absolute atomic E-state index is 12.5. The number of fused-ring (bicyclic) bond motifs is 3. The van der Waals surface area contributed by atoms with E-state index in [2.05, 4.69) is 45.8 Å². The van der Waals surface area contributed by atoms with Crippen LogP contribution in [0.4, 0.5) is 0 Å². The molecule has 1 amide bonds. The number of hydrogen-bond donors (Lipinski definition) is 0. The maximum atomic E-state index is 12.5. The lowest BCUT2D eigenvalue weighted by atomic mass is 10.1. The van der Waals surface area contributed by atoms with Gasteiger partial charge in [-0.2, -0.15) is 10.1 Å². The van der Waals surface area contributed by atoms with E-state index in [0.717, 1.165) is 21.6 Å². The van der Waals surface area contributed by atoms with E-state index in [0.29, 0.717) is 5.69 Å². The van der Waals surface area contributed by atoms with Crippen LogP contribution in [0.2, 0.25) is 0 Å². The highest BCUT2D eigenvalue weighted by atomic mass is 32.1. The lowest BCUT2D eigenvalue weighted by Crippen LogP contribution is -2.17. The van der Waals surface area contributed by atoms with Crippen molar-refractivity contribution < 1.29 is 4.79 Å². The van der Waals surface area contributed by atoms with Gasteiger partial charge < -0.3 is 4.57 Å². The van der Waals surface area contributed by atoms with E-state index in [1.165, 1.54) is 10.8 Å². The molecule has 4 aromatic rings. The highest BCUT2D eigenvalue weighted by Gasteiger charge is 2.12. The number of amides is 1. The van der Waals surface area contributed by atoms with E-state index in [-0.39, 0.29) is 5.91 Å². The molecule has 0 spiro atoms. The van der Waals surface area contributed by atoms with Crippen molar-refractivity contribution >= 4 is 38.2 Å². The Balaban J connectivity index is 1.98. The van der Waals surface area contributed by atoms with Gasteiger partial charge in [0.25, 0.3) is 5.91 Å². The standard InChI is InChI=1S/C18H16N4OS/c1-3-22-14-9-8-12-6-4-5-7-13(12)16(14)24-18(22)20-17(23)15-10-11-19-21(15)2/h4-11H,3H2,1-2H3. The van der Waals surface area contributed by atoms with Crippen LogP contribution < -0.4 is 4.80 Å². The molecule has 2 aromatic heterocycles. The molecule has 0 N–H and O–H groups in total. The van der Waals surface area contributed by atoms with Crippen LogP contribution in [0.25, 0.3) is 21.0 Å².